The molecular weight excluding hydrogens is 319 g/mol. The molecule has 0 heterocycles. The van der Waals surface area contributed by atoms with Crippen LogP contribution in [0.25, 0.3) is 0 Å². The highest BCUT2D eigenvalue weighted by molar-refractivity contribution is 5.49. The molecule has 2 nitrogen and oxygen atoms in total. The second-order valence-corrected chi connectivity index (χ2v) is 5.19. The number of hydrogen-bond acceptors (Lipinski definition) is 2. The van der Waals surface area contributed by atoms with Crippen LogP contribution in [-0.2, 0) is 6.18 Å². The number of hydrogen-bond donors (Lipinski definition) is 0. The van der Waals surface area contributed by atoms with Crippen molar-refractivity contribution < 1.29 is 31.4 Å². The van der Waals surface area contributed by atoms with E-state index in [9.17, 15) is 22.0 Å². The number of ether oxygens (including phenoxy) is 2. The summed E-state index contributed by atoms with van der Waals surface area (Å²) in [6, 6.07) is 2.36. The highest BCUT2D eigenvalue weighted by Gasteiger charge is 2.37. The first-order valence-electron chi connectivity index (χ1n) is 7.45. The average molecular weight is 340 g/mol. The first kappa shape index (κ1) is 19.5. The summed E-state index contributed by atoms with van der Waals surface area (Å²) in [5.74, 6) is -0.515. The van der Waals surface area contributed by atoms with E-state index in [0.29, 0.717) is 0 Å². The predicted octanol–water partition coefficient (Wildman–Crippen LogP) is 5.27. The maximum Gasteiger partial charge on any atom is 0.420 e. The lowest BCUT2D eigenvalue weighted by molar-refractivity contribution is -0.139. The van der Waals surface area contributed by atoms with Crippen molar-refractivity contribution >= 4 is 0 Å². The Balaban J connectivity index is 3.06. The first-order valence-corrected chi connectivity index (χ1v) is 7.45. The largest absolute Gasteiger partial charge is 0.490 e. The number of benzene rings is 1. The second-order valence-electron chi connectivity index (χ2n) is 5.19. The van der Waals surface area contributed by atoms with Gasteiger partial charge in [-0.2, -0.15) is 13.2 Å². The van der Waals surface area contributed by atoms with E-state index in [1.807, 2.05) is 0 Å². The van der Waals surface area contributed by atoms with Crippen LogP contribution in [0.1, 0.15) is 37.8 Å². The Kier molecular flexibility index (Phi) is 7.09. The van der Waals surface area contributed by atoms with Crippen LogP contribution in [0, 0.1) is 6.92 Å². The summed E-state index contributed by atoms with van der Waals surface area (Å²) in [5.41, 5.74) is -1.23. The van der Waals surface area contributed by atoms with Crippen LogP contribution in [0.5, 0.6) is 11.5 Å². The van der Waals surface area contributed by atoms with Crippen molar-refractivity contribution in [1.82, 2.24) is 0 Å². The molecule has 1 rings (SSSR count). The molecule has 23 heavy (non-hydrogen) atoms. The van der Waals surface area contributed by atoms with E-state index < -0.39 is 36.4 Å². The summed E-state index contributed by atoms with van der Waals surface area (Å²) in [4.78, 5) is 0. The molecule has 0 aliphatic heterocycles. The van der Waals surface area contributed by atoms with E-state index in [1.165, 1.54) is 13.0 Å². The average Bonchev–Trinajstić information content (AvgIpc) is 2.49. The summed E-state index contributed by atoms with van der Waals surface area (Å²) in [6.07, 6.45) is -6.92. The fraction of sp³-hybridized carbons (Fsp3) is 0.625. The lowest BCUT2D eigenvalue weighted by Crippen LogP contribution is -2.17. The number of alkyl halides is 5. The molecule has 0 amide bonds. The van der Waals surface area contributed by atoms with Crippen molar-refractivity contribution in [3.8, 4) is 11.5 Å². The minimum absolute atomic E-state index is 0.0620. The molecule has 0 fully saturated rings. The van der Waals surface area contributed by atoms with E-state index in [2.05, 4.69) is 0 Å². The summed E-state index contributed by atoms with van der Waals surface area (Å²) >= 11 is 0. The fourth-order valence-electron chi connectivity index (χ4n) is 1.89. The molecule has 2 atom stereocenters. The van der Waals surface area contributed by atoms with Gasteiger partial charge in [0.15, 0.2) is 0 Å². The molecule has 0 saturated carbocycles. The molecule has 0 bridgehead atoms. The van der Waals surface area contributed by atoms with Gasteiger partial charge in [0.2, 0.25) is 0 Å². The van der Waals surface area contributed by atoms with Crippen LogP contribution in [0.4, 0.5) is 22.0 Å². The third kappa shape index (κ3) is 5.55. The van der Waals surface area contributed by atoms with Gasteiger partial charge >= 0.3 is 6.18 Å². The Hall–Kier alpha value is -1.53. The van der Waals surface area contributed by atoms with Crippen molar-refractivity contribution in [2.24, 2.45) is 0 Å². The van der Waals surface area contributed by atoms with Crippen molar-refractivity contribution in [3.63, 3.8) is 0 Å². The third-order valence-corrected chi connectivity index (χ3v) is 3.39. The van der Waals surface area contributed by atoms with E-state index >= 15 is 0 Å². The summed E-state index contributed by atoms with van der Waals surface area (Å²) in [5, 5.41) is 0. The van der Waals surface area contributed by atoms with E-state index in [4.69, 9.17) is 9.47 Å². The second kappa shape index (κ2) is 8.36. The standard InChI is InChI=1S/C16H21F5O2/c1-4-11(17)8-22-13-6-7-14(23-9-12(18)5-2)15(10(13)3)16(19,20)21/h6-7,11-12H,4-5,8-9H2,1-3H3. The Bertz CT molecular complexity index is 502. The fourth-order valence-corrected chi connectivity index (χ4v) is 1.89. The zero-order chi connectivity index (χ0) is 17.6. The minimum Gasteiger partial charge on any atom is -0.490 e. The van der Waals surface area contributed by atoms with Crippen LogP contribution in [0.15, 0.2) is 12.1 Å². The Labute approximate surface area is 132 Å². The van der Waals surface area contributed by atoms with Gasteiger partial charge in [-0.3, -0.25) is 0 Å². The lowest BCUT2D eigenvalue weighted by Gasteiger charge is -2.20. The Morgan fingerprint density at radius 2 is 1.35 bits per heavy atom. The summed E-state index contributed by atoms with van der Waals surface area (Å²) < 4.78 is 76.3. The van der Waals surface area contributed by atoms with Gasteiger partial charge in [-0.25, -0.2) is 8.78 Å². The molecule has 0 saturated heterocycles. The highest BCUT2D eigenvalue weighted by Crippen LogP contribution is 2.42. The number of rotatable bonds is 8. The minimum atomic E-state index is -4.68. The van der Waals surface area contributed by atoms with Gasteiger partial charge in [0.05, 0.1) is 0 Å². The van der Waals surface area contributed by atoms with Gasteiger partial charge in [0.25, 0.3) is 0 Å². The van der Waals surface area contributed by atoms with Gasteiger partial charge < -0.3 is 9.47 Å². The van der Waals surface area contributed by atoms with E-state index in [1.54, 1.807) is 13.8 Å². The molecule has 1 aromatic rings. The third-order valence-electron chi connectivity index (χ3n) is 3.39. The smallest absolute Gasteiger partial charge is 0.420 e. The van der Waals surface area contributed by atoms with Crippen LogP contribution >= 0.6 is 0 Å². The molecular formula is C16H21F5O2. The van der Waals surface area contributed by atoms with Gasteiger partial charge in [-0.1, -0.05) is 13.8 Å². The van der Waals surface area contributed by atoms with Crippen LogP contribution in [0.3, 0.4) is 0 Å². The monoisotopic (exact) mass is 340 g/mol. The van der Waals surface area contributed by atoms with Crippen LogP contribution in [-0.4, -0.2) is 25.6 Å². The topological polar surface area (TPSA) is 18.5 Å². The molecule has 132 valence electrons. The molecule has 0 spiro atoms. The van der Waals surface area contributed by atoms with Crippen molar-refractivity contribution in [2.75, 3.05) is 13.2 Å². The molecule has 7 heteroatoms. The SMILES string of the molecule is CCC(F)COc1ccc(OCC(F)CC)c(C(F)(F)F)c1C. The molecule has 0 aliphatic rings. The van der Waals surface area contributed by atoms with Gasteiger partial charge in [0, 0.05) is 5.56 Å². The maximum atomic E-state index is 13.3. The zero-order valence-corrected chi connectivity index (χ0v) is 13.3. The quantitative estimate of drug-likeness (QED) is 0.600. The molecule has 0 radical (unpaired) electrons. The van der Waals surface area contributed by atoms with Crippen molar-refractivity contribution in [1.29, 1.82) is 0 Å². The summed E-state index contributed by atoms with van der Waals surface area (Å²) in [7, 11) is 0. The lowest BCUT2D eigenvalue weighted by atomic mass is 10.1. The van der Waals surface area contributed by atoms with E-state index in [0.717, 1.165) is 6.07 Å². The van der Waals surface area contributed by atoms with E-state index in [-0.39, 0.29) is 30.8 Å². The molecule has 0 aliphatic carbocycles. The normalized spacial score (nSPS) is 14.4. The van der Waals surface area contributed by atoms with Crippen LogP contribution in [0.2, 0.25) is 0 Å². The van der Waals surface area contributed by atoms with Gasteiger partial charge in [-0.15, -0.1) is 0 Å². The summed E-state index contributed by atoms with van der Waals surface area (Å²) in [6.45, 7) is 3.62. The highest BCUT2D eigenvalue weighted by atomic mass is 19.4. The maximum absolute atomic E-state index is 13.3. The molecule has 0 aromatic heterocycles. The first-order chi connectivity index (χ1) is 10.7. The zero-order valence-electron chi connectivity index (χ0n) is 13.3. The van der Waals surface area contributed by atoms with Crippen molar-refractivity contribution in [3.05, 3.63) is 23.3 Å². The number of halogens is 5. The Morgan fingerprint density at radius 1 is 0.913 bits per heavy atom. The van der Waals surface area contributed by atoms with Crippen molar-refractivity contribution in [2.45, 2.75) is 52.1 Å². The molecule has 2 unspecified atom stereocenters. The predicted molar refractivity (Wildman–Crippen MR) is 77.5 cm³/mol. The molecule has 1 aromatic carbocycles. The van der Waals surface area contributed by atoms with Gasteiger partial charge in [-0.05, 0) is 31.9 Å². The molecule has 0 N–H and O–H groups in total. The van der Waals surface area contributed by atoms with Gasteiger partial charge in [0.1, 0.15) is 42.6 Å². The Morgan fingerprint density at radius 3 is 1.78 bits per heavy atom. The van der Waals surface area contributed by atoms with Crippen LogP contribution < -0.4 is 9.47 Å².